The molecular weight excluding hydrogens is 380 g/mol. The van der Waals surface area contributed by atoms with E-state index in [0.29, 0.717) is 31.1 Å². The molecule has 0 bridgehead atoms. The van der Waals surface area contributed by atoms with Gasteiger partial charge in [-0.2, -0.15) is 0 Å². The van der Waals surface area contributed by atoms with Crippen LogP contribution in [0.25, 0.3) is 5.69 Å². The molecular formula is C23H24N4O3. The minimum absolute atomic E-state index is 0.129. The number of carbonyl (C=O) groups excluding carboxylic acids is 1. The molecule has 0 saturated heterocycles. The number of fused-ring (bicyclic) bond motifs is 2. The van der Waals surface area contributed by atoms with Gasteiger partial charge in [-0.05, 0) is 56.9 Å². The van der Waals surface area contributed by atoms with Crippen LogP contribution in [-0.2, 0) is 19.4 Å². The fraction of sp³-hybridized carbons (Fsp3) is 0.348. The van der Waals surface area contributed by atoms with Crippen molar-refractivity contribution in [1.82, 2.24) is 19.9 Å². The van der Waals surface area contributed by atoms with Gasteiger partial charge in [-0.1, -0.05) is 0 Å². The van der Waals surface area contributed by atoms with Crippen molar-refractivity contribution in [2.75, 3.05) is 13.2 Å². The van der Waals surface area contributed by atoms with Crippen LogP contribution >= 0.6 is 0 Å². The molecule has 30 heavy (non-hydrogen) atoms. The maximum absolute atomic E-state index is 12.9. The van der Waals surface area contributed by atoms with Crippen LogP contribution in [0.1, 0.15) is 45.2 Å². The van der Waals surface area contributed by atoms with E-state index in [-0.39, 0.29) is 5.91 Å². The van der Waals surface area contributed by atoms with Gasteiger partial charge >= 0.3 is 0 Å². The summed E-state index contributed by atoms with van der Waals surface area (Å²) in [6, 6.07) is 7.75. The Morgan fingerprint density at radius 1 is 1.13 bits per heavy atom. The van der Waals surface area contributed by atoms with Crippen molar-refractivity contribution in [2.45, 2.75) is 39.7 Å². The van der Waals surface area contributed by atoms with Crippen molar-refractivity contribution in [3.05, 3.63) is 64.5 Å². The monoisotopic (exact) mass is 404 g/mol. The first kappa shape index (κ1) is 18.7. The third-order valence-corrected chi connectivity index (χ3v) is 5.73. The van der Waals surface area contributed by atoms with Crippen LogP contribution in [0, 0.1) is 13.8 Å². The summed E-state index contributed by atoms with van der Waals surface area (Å²) in [6.07, 6.45) is 5.07. The summed E-state index contributed by atoms with van der Waals surface area (Å²) in [4.78, 5) is 21.9. The number of carbonyl (C=O) groups is 1. The van der Waals surface area contributed by atoms with Crippen molar-refractivity contribution in [2.24, 2.45) is 0 Å². The minimum atomic E-state index is -0.129. The lowest BCUT2D eigenvalue weighted by Gasteiger charge is -2.20. The maximum atomic E-state index is 12.9. The predicted molar refractivity (Wildman–Crippen MR) is 111 cm³/mol. The summed E-state index contributed by atoms with van der Waals surface area (Å²) in [5, 5.41) is 2.97. The van der Waals surface area contributed by atoms with Crippen molar-refractivity contribution in [3.8, 4) is 17.2 Å². The standard InChI is InChI=1S/C23H24N4O3/c1-14-10-18(23(28)25-13-22-24-12-16-4-3-5-19(16)26-22)15(2)27(14)17-6-7-20-21(11-17)30-9-8-29-20/h6-7,10-12H,3-5,8-9,13H2,1-2H3,(H,25,28). The number of aryl methyl sites for hydroxylation is 3. The Hall–Kier alpha value is -3.35. The lowest BCUT2D eigenvalue weighted by molar-refractivity contribution is 0.0949. The molecule has 2 aromatic heterocycles. The molecule has 2 aliphatic rings. The Bertz CT molecular complexity index is 1140. The number of rotatable bonds is 4. The van der Waals surface area contributed by atoms with Gasteiger partial charge in [0.15, 0.2) is 11.5 Å². The maximum Gasteiger partial charge on any atom is 0.253 e. The fourth-order valence-corrected chi connectivity index (χ4v) is 4.26. The smallest absolute Gasteiger partial charge is 0.253 e. The van der Waals surface area contributed by atoms with E-state index in [0.717, 1.165) is 53.5 Å². The van der Waals surface area contributed by atoms with E-state index in [1.807, 2.05) is 44.3 Å². The molecule has 0 fully saturated rings. The molecule has 1 aliphatic heterocycles. The van der Waals surface area contributed by atoms with Gasteiger partial charge in [-0.25, -0.2) is 9.97 Å². The average molecular weight is 404 g/mol. The van der Waals surface area contributed by atoms with Crippen molar-refractivity contribution >= 4 is 5.91 Å². The second-order valence-corrected chi connectivity index (χ2v) is 7.74. The average Bonchev–Trinajstić information content (AvgIpc) is 3.35. The molecule has 5 rings (SSSR count). The number of hydrogen-bond acceptors (Lipinski definition) is 5. The normalized spacial score (nSPS) is 14.5. The summed E-state index contributed by atoms with van der Waals surface area (Å²) in [7, 11) is 0. The Morgan fingerprint density at radius 2 is 1.97 bits per heavy atom. The quantitative estimate of drug-likeness (QED) is 0.723. The summed E-state index contributed by atoms with van der Waals surface area (Å²) in [6.45, 7) is 5.36. The third-order valence-electron chi connectivity index (χ3n) is 5.73. The topological polar surface area (TPSA) is 78.3 Å². The van der Waals surface area contributed by atoms with Crippen LogP contribution in [0.15, 0.2) is 30.5 Å². The highest BCUT2D eigenvalue weighted by Gasteiger charge is 2.20. The van der Waals surface area contributed by atoms with Gasteiger partial charge in [0.05, 0.1) is 12.1 Å². The molecule has 3 heterocycles. The molecule has 3 aromatic rings. The summed E-state index contributed by atoms with van der Waals surface area (Å²) < 4.78 is 13.4. The zero-order valence-electron chi connectivity index (χ0n) is 17.2. The molecule has 0 saturated carbocycles. The van der Waals surface area contributed by atoms with E-state index in [1.54, 1.807) is 0 Å². The third kappa shape index (κ3) is 3.30. The SMILES string of the molecule is Cc1cc(C(=O)NCc2ncc3c(n2)CCC3)c(C)n1-c1ccc2c(c1)OCCO2. The molecule has 154 valence electrons. The van der Waals surface area contributed by atoms with Gasteiger partial charge in [-0.15, -0.1) is 0 Å². The van der Waals surface area contributed by atoms with Crippen molar-refractivity contribution in [1.29, 1.82) is 0 Å². The van der Waals surface area contributed by atoms with E-state index < -0.39 is 0 Å². The van der Waals surface area contributed by atoms with Gasteiger partial charge in [-0.3, -0.25) is 4.79 Å². The molecule has 0 spiro atoms. The number of amides is 1. The summed E-state index contributed by atoms with van der Waals surface area (Å²) >= 11 is 0. The first-order valence-corrected chi connectivity index (χ1v) is 10.3. The summed E-state index contributed by atoms with van der Waals surface area (Å²) in [5.74, 6) is 2.01. The second kappa shape index (κ2) is 7.48. The van der Waals surface area contributed by atoms with Crippen LogP contribution in [0.2, 0.25) is 0 Å². The Balaban J connectivity index is 1.36. The number of hydrogen-bond donors (Lipinski definition) is 1. The highest BCUT2D eigenvalue weighted by molar-refractivity contribution is 5.95. The lowest BCUT2D eigenvalue weighted by Crippen LogP contribution is -2.24. The molecule has 1 N–H and O–H groups in total. The second-order valence-electron chi connectivity index (χ2n) is 7.74. The van der Waals surface area contributed by atoms with Crippen LogP contribution in [0.5, 0.6) is 11.5 Å². The predicted octanol–water partition coefficient (Wildman–Crippen LogP) is 3.07. The molecule has 1 aromatic carbocycles. The fourth-order valence-electron chi connectivity index (χ4n) is 4.26. The Morgan fingerprint density at radius 3 is 2.83 bits per heavy atom. The first-order valence-electron chi connectivity index (χ1n) is 10.3. The number of ether oxygens (including phenoxy) is 2. The Labute approximate surface area is 175 Å². The molecule has 0 radical (unpaired) electrons. The van der Waals surface area contributed by atoms with Crippen LogP contribution in [0.3, 0.4) is 0 Å². The van der Waals surface area contributed by atoms with Gasteiger partial charge in [0.2, 0.25) is 0 Å². The zero-order chi connectivity index (χ0) is 20.7. The van der Waals surface area contributed by atoms with E-state index >= 15 is 0 Å². The molecule has 0 unspecified atom stereocenters. The van der Waals surface area contributed by atoms with E-state index in [1.165, 1.54) is 5.56 Å². The number of nitrogens with zero attached hydrogens (tertiary/aromatic N) is 3. The van der Waals surface area contributed by atoms with Crippen LogP contribution < -0.4 is 14.8 Å². The number of nitrogens with one attached hydrogen (secondary N) is 1. The van der Waals surface area contributed by atoms with Crippen molar-refractivity contribution < 1.29 is 14.3 Å². The Kier molecular flexibility index (Phi) is 4.65. The summed E-state index contributed by atoms with van der Waals surface area (Å²) in [5.41, 5.74) is 5.78. The number of benzene rings is 1. The van der Waals surface area contributed by atoms with E-state index in [9.17, 15) is 4.79 Å². The highest BCUT2D eigenvalue weighted by atomic mass is 16.6. The van der Waals surface area contributed by atoms with Gasteiger partial charge in [0, 0.05) is 35.0 Å². The van der Waals surface area contributed by atoms with Crippen molar-refractivity contribution in [3.63, 3.8) is 0 Å². The van der Waals surface area contributed by atoms with Gasteiger partial charge < -0.3 is 19.4 Å². The number of aromatic nitrogens is 3. The lowest BCUT2D eigenvalue weighted by atomic mass is 10.2. The highest BCUT2D eigenvalue weighted by Crippen LogP contribution is 2.33. The first-order chi connectivity index (χ1) is 14.6. The van der Waals surface area contributed by atoms with Crippen LogP contribution in [0.4, 0.5) is 0 Å². The largest absolute Gasteiger partial charge is 0.486 e. The van der Waals surface area contributed by atoms with Crippen LogP contribution in [-0.4, -0.2) is 33.7 Å². The zero-order valence-corrected chi connectivity index (χ0v) is 17.2. The van der Waals surface area contributed by atoms with E-state index in [2.05, 4.69) is 19.9 Å². The van der Waals surface area contributed by atoms with Gasteiger partial charge in [0.1, 0.15) is 19.0 Å². The molecule has 1 amide bonds. The molecule has 7 nitrogen and oxygen atoms in total. The molecule has 7 heteroatoms. The minimum Gasteiger partial charge on any atom is -0.486 e. The molecule has 0 atom stereocenters. The van der Waals surface area contributed by atoms with Gasteiger partial charge in [0.25, 0.3) is 5.91 Å². The molecule has 1 aliphatic carbocycles. The van der Waals surface area contributed by atoms with E-state index in [4.69, 9.17) is 9.47 Å².